The van der Waals surface area contributed by atoms with Crippen LogP contribution in [-0.2, 0) is 6.61 Å². The first-order valence-electron chi connectivity index (χ1n) is 6.68. The van der Waals surface area contributed by atoms with Crippen LogP contribution in [0.2, 0.25) is 5.02 Å². The molecular weight excluding hydrogens is 276 g/mol. The summed E-state index contributed by atoms with van der Waals surface area (Å²) in [5.74, 6) is 1.51. The Balaban J connectivity index is 2.13. The van der Waals surface area contributed by atoms with Gasteiger partial charge in [0, 0.05) is 22.7 Å². The second kappa shape index (κ2) is 6.77. The second-order valence-corrected chi connectivity index (χ2v) is 5.12. The molecule has 0 aliphatic carbocycles. The standard InChI is InChI=1S/C15H19ClN2O2/c1-4-17-11(3)14-8-12(16)5-6-15(14)19-9-13-7-10(2)18-20-13/h5-8,11,17H,4,9H2,1-3H3. The van der Waals surface area contributed by atoms with Crippen molar-refractivity contribution in [1.29, 1.82) is 0 Å². The van der Waals surface area contributed by atoms with Crippen molar-refractivity contribution in [1.82, 2.24) is 10.5 Å². The van der Waals surface area contributed by atoms with Crippen LogP contribution in [0.15, 0.2) is 28.8 Å². The number of ether oxygens (including phenoxy) is 1. The third kappa shape index (κ3) is 3.74. The highest BCUT2D eigenvalue weighted by atomic mass is 35.5. The Hall–Kier alpha value is -1.52. The summed E-state index contributed by atoms with van der Waals surface area (Å²) in [4.78, 5) is 0. The number of aromatic nitrogens is 1. The lowest BCUT2D eigenvalue weighted by molar-refractivity contribution is 0.245. The molecule has 0 spiro atoms. The van der Waals surface area contributed by atoms with Crippen LogP contribution in [0.5, 0.6) is 5.75 Å². The van der Waals surface area contributed by atoms with Crippen molar-refractivity contribution in [3.05, 3.63) is 46.3 Å². The smallest absolute Gasteiger partial charge is 0.174 e. The second-order valence-electron chi connectivity index (χ2n) is 4.68. The van der Waals surface area contributed by atoms with Crippen LogP contribution in [0.3, 0.4) is 0 Å². The first-order chi connectivity index (χ1) is 9.60. The van der Waals surface area contributed by atoms with Gasteiger partial charge in [-0.3, -0.25) is 0 Å². The zero-order valence-electron chi connectivity index (χ0n) is 11.9. The topological polar surface area (TPSA) is 47.3 Å². The van der Waals surface area contributed by atoms with Crippen molar-refractivity contribution in [3.8, 4) is 5.75 Å². The maximum Gasteiger partial charge on any atom is 0.174 e. The Kier molecular flexibility index (Phi) is 5.04. The summed E-state index contributed by atoms with van der Waals surface area (Å²) in [5.41, 5.74) is 1.89. The maximum absolute atomic E-state index is 6.07. The van der Waals surface area contributed by atoms with E-state index in [1.807, 2.05) is 31.2 Å². The van der Waals surface area contributed by atoms with Gasteiger partial charge in [-0.2, -0.15) is 0 Å². The van der Waals surface area contributed by atoms with Crippen molar-refractivity contribution < 1.29 is 9.26 Å². The molecule has 5 heteroatoms. The number of rotatable bonds is 6. The summed E-state index contributed by atoms with van der Waals surface area (Å²) in [6.07, 6.45) is 0. The minimum absolute atomic E-state index is 0.171. The van der Waals surface area contributed by atoms with Crippen LogP contribution in [0.25, 0.3) is 0 Å². The molecule has 2 rings (SSSR count). The lowest BCUT2D eigenvalue weighted by atomic mass is 10.1. The molecule has 1 aromatic heterocycles. The summed E-state index contributed by atoms with van der Waals surface area (Å²) in [7, 11) is 0. The molecule has 0 fully saturated rings. The molecular formula is C15H19ClN2O2. The minimum Gasteiger partial charge on any atom is -0.485 e. The number of aryl methyl sites for hydroxylation is 1. The van der Waals surface area contributed by atoms with E-state index in [0.717, 1.165) is 23.6 Å². The van der Waals surface area contributed by atoms with E-state index in [9.17, 15) is 0 Å². The molecule has 0 saturated carbocycles. The van der Waals surface area contributed by atoms with Gasteiger partial charge in [0.25, 0.3) is 0 Å². The Morgan fingerprint density at radius 1 is 1.40 bits per heavy atom. The van der Waals surface area contributed by atoms with E-state index in [1.165, 1.54) is 0 Å². The Morgan fingerprint density at radius 2 is 2.20 bits per heavy atom. The van der Waals surface area contributed by atoms with E-state index < -0.39 is 0 Å². The Labute approximate surface area is 124 Å². The molecule has 0 amide bonds. The normalized spacial score (nSPS) is 12.4. The van der Waals surface area contributed by atoms with Gasteiger partial charge >= 0.3 is 0 Å². The highest BCUT2D eigenvalue weighted by Crippen LogP contribution is 2.29. The van der Waals surface area contributed by atoms with Crippen molar-refractivity contribution >= 4 is 11.6 Å². The van der Waals surface area contributed by atoms with Crippen molar-refractivity contribution in [2.24, 2.45) is 0 Å². The van der Waals surface area contributed by atoms with Crippen LogP contribution in [0.1, 0.15) is 36.9 Å². The van der Waals surface area contributed by atoms with Gasteiger partial charge < -0.3 is 14.6 Å². The molecule has 2 aromatic rings. The fourth-order valence-electron chi connectivity index (χ4n) is 2.04. The predicted octanol–water partition coefficient (Wildman–Crippen LogP) is 3.89. The summed E-state index contributed by atoms with van der Waals surface area (Å²) in [6.45, 7) is 7.27. The predicted molar refractivity (Wildman–Crippen MR) is 79.1 cm³/mol. The summed E-state index contributed by atoms with van der Waals surface area (Å²) in [5, 5.41) is 7.90. The van der Waals surface area contributed by atoms with E-state index >= 15 is 0 Å². The Morgan fingerprint density at radius 3 is 2.85 bits per heavy atom. The number of nitrogens with zero attached hydrogens (tertiary/aromatic N) is 1. The molecule has 4 nitrogen and oxygen atoms in total. The lowest BCUT2D eigenvalue weighted by Gasteiger charge is -2.17. The van der Waals surface area contributed by atoms with E-state index in [2.05, 4.69) is 24.3 Å². The van der Waals surface area contributed by atoms with E-state index in [1.54, 1.807) is 0 Å². The van der Waals surface area contributed by atoms with Crippen LogP contribution >= 0.6 is 11.6 Å². The van der Waals surface area contributed by atoms with E-state index in [-0.39, 0.29) is 6.04 Å². The zero-order chi connectivity index (χ0) is 14.5. The van der Waals surface area contributed by atoms with E-state index in [4.69, 9.17) is 20.9 Å². The number of halogens is 1. The first kappa shape index (κ1) is 14.9. The van der Waals surface area contributed by atoms with Gasteiger partial charge in [-0.05, 0) is 38.6 Å². The highest BCUT2D eigenvalue weighted by molar-refractivity contribution is 6.30. The van der Waals surface area contributed by atoms with Gasteiger partial charge in [-0.1, -0.05) is 23.7 Å². The maximum atomic E-state index is 6.07. The molecule has 1 atom stereocenters. The monoisotopic (exact) mass is 294 g/mol. The van der Waals surface area contributed by atoms with Gasteiger partial charge in [-0.25, -0.2) is 0 Å². The van der Waals surface area contributed by atoms with Gasteiger partial charge in [0.15, 0.2) is 5.76 Å². The Bertz CT molecular complexity index is 569. The van der Waals surface area contributed by atoms with Gasteiger partial charge in [0.1, 0.15) is 12.4 Å². The van der Waals surface area contributed by atoms with Crippen LogP contribution < -0.4 is 10.1 Å². The highest BCUT2D eigenvalue weighted by Gasteiger charge is 2.12. The van der Waals surface area contributed by atoms with Crippen LogP contribution in [0, 0.1) is 6.92 Å². The van der Waals surface area contributed by atoms with Gasteiger partial charge in [-0.15, -0.1) is 0 Å². The van der Waals surface area contributed by atoms with Crippen molar-refractivity contribution in [3.63, 3.8) is 0 Å². The lowest BCUT2D eigenvalue weighted by Crippen LogP contribution is -2.18. The SMILES string of the molecule is CCNC(C)c1cc(Cl)ccc1OCc1cc(C)no1. The number of benzene rings is 1. The van der Waals surface area contributed by atoms with Crippen LogP contribution in [-0.4, -0.2) is 11.7 Å². The summed E-state index contributed by atoms with van der Waals surface area (Å²) < 4.78 is 11.0. The van der Waals surface area contributed by atoms with Gasteiger partial charge in [0.2, 0.25) is 0 Å². The molecule has 0 radical (unpaired) electrons. The molecule has 0 aliphatic rings. The van der Waals surface area contributed by atoms with Crippen molar-refractivity contribution in [2.75, 3.05) is 6.54 Å². The molecule has 20 heavy (non-hydrogen) atoms. The number of nitrogens with one attached hydrogen (secondary N) is 1. The summed E-state index contributed by atoms with van der Waals surface area (Å²) in [6, 6.07) is 7.67. The number of hydrogen-bond acceptors (Lipinski definition) is 4. The molecule has 1 unspecified atom stereocenters. The quantitative estimate of drug-likeness (QED) is 0.878. The molecule has 1 heterocycles. The van der Waals surface area contributed by atoms with Gasteiger partial charge in [0.05, 0.1) is 5.69 Å². The molecule has 0 saturated heterocycles. The molecule has 1 aromatic carbocycles. The minimum atomic E-state index is 0.171. The molecule has 1 N–H and O–H groups in total. The van der Waals surface area contributed by atoms with E-state index in [0.29, 0.717) is 17.4 Å². The number of hydrogen-bond donors (Lipinski definition) is 1. The summed E-state index contributed by atoms with van der Waals surface area (Å²) >= 11 is 6.07. The molecule has 0 aliphatic heterocycles. The third-order valence-electron chi connectivity index (χ3n) is 3.00. The molecule has 0 bridgehead atoms. The fourth-order valence-corrected chi connectivity index (χ4v) is 2.22. The fraction of sp³-hybridized carbons (Fsp3) is 0.400. The van der Waals surface area contributed by atoms with Crippen LogP contribution in [0.4, 0.5) is 0 Å². The average molecular weight is 295 g/mol. The zero-order valence-corrected chi connectivity index (χ0v) is 12.7. The first-order valence-corrected chi connectivity index (χ1v) is 7.05. The molecule has 108 valence electrons. The average Bonchev–Trinajstić information content (AvgIpc) is 2.83. The third-order valence-corrected chi connectivity index (χ3v) is 3.23. The largest absolute Gasteiger partial charge is 0.485 e. The van der Waals surface area contributed by atoms with Crippen molar-refractivity contribution in [2.45, 2.75) is 33.4 Å².